The van der Waals surface area contributed by atoms with Crippen molar-refractivity contribution in [3.8, 4) is 0 Å². The first-order valence-corrected chi connectivity index (χ1v) is 8.40. The Morgan fingerprint density at radius 1 is 1.42 bits per heavy atom. The van der Waals surface area contributed by atoms with Crippen LogP contribution in [0.2, 0.25) is 5.28 Å². The van der Waals surface area contributed by atoms with E-state index in [9.17, 15) is 9.18 Å². The molecule has 0 bridgehead atoms. The Kier molecular flexibility index (Phi) is 4.30. The van der Waals surface area contributed by atoms with Crippen molar-refractivity contribution >= 4 is 29.3 Å². The monoisotopic (exact) mass is 382 g/mol. The molecule has 3 rings (SSSR count). The van der Waals surface area contributed by atoms with Gasteiger partial charge in [-0.3, -0.25) is 10.00 Å². The molecule has 0 aliphatic carbocycles. The number of aromatic amines is 1. The maximum Gasteiger partial charge on any atom is 0.411 e. The van der Waals surface area contributed by atoms with E-state index in [0.717, 1.165) is 17.5 Å². The highest BCUT2D eigenvalue weighted by Gasteiger charge is 2.45. The summed E-state index contributed by atoms with van der Waals surface area (Å²) in [6, 6.07) is 0. The standard InChI is InChI=1S/C16H20ClFN6O2/c1-15(2,3)26-14(25)24-7-8-10(16(24,4)5)22-23-11(8)20-12-9(18)6-19-13(17)21-12/h6H,7H2,1-5H3,(H2,19,20,21,22,23). The van der Waals surface area contributed by atoms with Gasteiger partial charge >= 0.3 is 6.09 Å². The topological polar surface area (TPSA) is 96.0 Å². The molecule has 0 unspecified atom stereocenters. The number of halogens is 2. The quantitative estimate of drug-likeness (QED) is 0.768. The highest BCUT2D eigenvalue weighted by atomic mass is 35.5. The number of fused-ring (bicyclic) bond motifs is 1. The second-order valence-electron chi connectivity index (χ2n) is 7.51. The van der Waals surface area contributed by atoms with Gasteiger partial charge in [0, 0.05) is 5.56 Å². The number of nitrogens with one attached hydrogen (secondary N) is 2. The van der Waals surface area contributed by atoms with Gasteiger partial charge in [0.1, 0.15) is 5.60 Å². The minimum absolute atomic E-state index is 0.0863. The Balaban J connectivity index is 1.89. The van der Waals surface area contributed by atoms with Gasteiger partial charge in [0.2, 0.25) is 5.28 Å². The summed E-state index contributed by atoms with van der Waals surface area (Å²) >= 11 is 5.72. The molecule has 0 spiro atoms. The summed E-state index contributed by atoms with van der Waals surface area (Å²) in [5, 5.41) is 9.82. The van der Waals surface area contributed by atoms with Crippen molar-refractivity contribution < 1.29 is 13.9 Å². The van der Waals surface area contributed by atoms with Crippen LogP contribution in [0.15, 0.2) is 6.20 Å². The Labute approximate surface area is 155 Å². The lowest BCUT2D eigenvalue weighted by Gasteiger charge is -2.33. The van der Waals surface area contributed by atoms with E-state index in [-0.39, 0.29) is 17.6 Å². The molecule has 0 saturated carbocycles. The van der Waals surface area contributed by atoms with E-state index in [1.54, 1.807) is 4.90 Å². The molecular weight excluding hydrogens is 363 g/mol. The predicted molar refractivity (Wildman–Crippen MR) is 93.7 cm³/mol. The average Bonchev–Trinajstić information content (AvgIpc) is 3.00. The van der Waals surface area contributed by atoms with Gasteiger partial charge < -0.3 is 10.1 Å². The van der Waals surface area contributed by atoms with Crippen LogP contribution in [0.5, 0.6) is 0 Å². The molecule has 26 heavy (non-hydrogen) atoms. The molecule has 1 aliphatic rings. The zero-order valence-electron chi connectivity index (χ0n) is 15.1. The van der Waals surface area contributed by atoms with Crippen molar-refractivity contribution in [2.24, 2.45) is 0 Å². The molecule has 0 aromatic carbocycles. The van der Waals surface area contributed by atoms with E-state index in [0.29, 0.717) is 5.82 Å². The third kappa shape index (κ3) is 3.31. The lowest BCUT2D eigenvalue weighted by molar-refractivity contribution is 0.00452. The maximum atomic E-state index is 13.9. The minimum Gasteiger partial charge on any atom is -0.444 e. The van der Waals surface area contributed by atoms with Gasteiger partial charge in [0.25, 0.3) is 0 Å². The van der Waals surface area contributed by atoms with Gasteiger partial charge in [0.05, 0.1) is 24.0 Å². The molecule has 2 aromatic rings. The van der Waals surface area contributed by atoms with Gasteiger partial charge in [0.15, 0.2) is 17.5 Å². The molecule has 1 amide bonds. The molecular formula is C16H20ClFN6O2. The van der Waals surface area contributed by atoms with Crippen LogP contribution in [0.4, 0.5) is 20.8 Å². The van der Waals surface area contributed by atoms with Crippen molar-refractivity contribution in [1.82, 2.24) is 25.1 Å². The number of nitrogens with zero attached hydrogens (tertiary/aromatic N) is 4. The van der Waals surface area contributed by atoms with Gasteiger partial charge in [-0.05, 0) is 46.2 Å². The molecule has 0 radical (unpaired) electrons. The molecule has 2 aromatic heterocycles. The molecule has 0 atom stereocenters. The summed E-state index contributed by atoms with van der Waals surface area (Å²) in [7, 11) is 0. The van der Waals surface area contributed by atoms with E-state index in [1.807, 2.05) is 34.6 Å². The fourth-order valence-electron chi connectivity index (χ4n) is 2.77. The molecule has 1 aliphatic heterocycles. The van der Waals surface area contributed by atoms with E-state index >= 15 is 0 Å². The first-order valence-electron chi connectivity index (χ1n) is 8.02. The van der Waals surface area contributed by atoms with Crippen molar-refractivity contribution in [1.29, 1.82) is 0 Å². The zero-order chi connectivity index (χ0) is 19.3. The number of ether oxygens (including phenoxy) is 1. The average molecular weight is 383 g/mol. The predicted octanol–water partition coefficient (Wildman–Crippen LogP) is 3.72. The van der Waals surface area contributed by atoms with Crippen molar-refractivity contribution in [2.75, 3.05) is 5.32 Å². The Hall–Kier alpha value is -2.42. The summed E-state index contributed by atoms with van der Waals surface area (Å²) in [4.78, 5) is 21.6. The van der Waals surface area contributed by atoms with E-state index in [4.69, 9.17) is 16.3 Å². The third-order valence-electron chi connectivity index (χ3n) is 4.04. The summed E-state index contributed by atoms with van der Waals surface area (Å²) in [5.74, 6) is -0.381. The number of rotatable bonds is 2. The van der Waals surface area contributed by atoms with Crippen LogP contribution in [0, 0.1) is 5.82 Å². The van der Waals surface area contributed by atoms with Crippen LogP contribution in [-0.2, 0) is 16.8 Å². The SMILES string of the molecule is CC(C)(C)OC(=O)N1Cc2c(Nc3nc(Cl)ncc3F)n[nH]c2C1(C)C. The van der Waals surface area contributed by atoms with Crippen molar-refractivity contribution in [3.63, 3.8) is 0 Å². The summed E-state index contributed by atoms with van der Waals surface area (Å²) in [5.41, 5.74) is 0.206. The molecule has 3 heterocycles. The molecule has 10 heteroatoms. The molecule has 140 valence electrons. The van der Waals surface area contributed by atoms with Crippen LogP contribution >= 0.6 is 11.6 Å². The third-order valence-corrected chi connectivity index (χ3v) is 4.22. The number of carbonyl (C=O) groups is 1. The van der Waals surface area contributed by atoms with Gasteiger partial charge in [-0.2, -0.15) is 10.1 Å². The summed E-state index contributed by atoms with van der Waals surface area (Å²) in [6.07, 6.45) is 0.538. The maximum absolute atomic E-state index is 13.9. The highest BCUT2D eigenvalue weighted by molar-refractivity contribution is 6.28. The first kappa shape index (κ1) is 18.4. The van der Waals surface area contributed by atoms with E-state index in [1.165, 1.54) is 0 Å². The Morgan fingerprint density at radius 3 is 2.77 bits per heavy atom. The smallest absolute Gasteiger partial charge is 0.411 e. The molecule has 8 nitrogen and oxygen atoms in total. The Bertz CT molecular complexity index is 861. The summed E-state index contributed by atoms with van der Waals surface area (Å²) < 4.78 is 19.4. The fraction of sp³-hybridized carbons (Fsp3) is 0.500. The number of aromatic nitrogens is 4. The fourth-order valence-corrected chi connectivity index (χ4v) is 2.91. The van der Waals surface area contributed by atoms with Crippen LogP contribution < -0.4 is 5.32 Å². The highest BCUT2D eigenvalue weighted by Crippen LogP contribution is 2.41. The lowest BCUT2D eigenvalue weighted by atomic mass is 10.0. The van der Waals surface area contributed by atoms with Crippen molar-refractivity contribution in [3.05, 3.63) is 28.6 Å². The lowest BCUT2D eigenvalue weighted by Crippen LogP contribution is -2.43. The second-order valence-corrected chi connectivity index (χ2v) is 7.85. The van der Waals surface area contributed by atoms with Crippen LogP contribution in [0.25, 0.3) is 0 Å². The van der Waals surface area contributed by atoms with Crippen LogP contribution in [-0.4, -0.2) is 36.8 Å². The number of hydrogen-bond donors (Lipinski definition) is 2. The second kappa shape index (κ2) is 6.08. The summed E-state index contributed by atoms with van der Waals surface area (Å²) in [6.45, 7) is 9.45. The minimum atomic E-state index is -0.660. The van der Waals surface area contributed by atoms with Gasteiger partial charge in [-0.15, -0.1) is 0 Å². The van der Waals surface area contributed by atoms with Crippen LogP contribution in [0.1, 0.15) is 45.9 Å². The largest absolute Gasteiger partial charge is 0.444 e. The van der Waals surface area contributed by atoms with Gasteiger partial charge in [-0.25, -0.2) is 14.2 Å². The Morgan fingerprint density at radius 2 is 2.12 bits per heavy atom. The zero-order valence-corrected chi connectivity index (χ0v) is 15.9. The van der Waals surface area contributed by atoms with E-state index in [2.05, 4.69) is 25.5 Å². The van der Waals surface area contributed by atoms with Gasteiger partial charge in [-0.1, -0.05) is 0 Å². The number of carbonyl (C=O) groups excluding carboxylic acids is 1. The molecule has 0 fully saturated rings. The first-order chi connectivity index (χ1) is 12.0. The molecule has 2 N–H and O–H groups in total. The number of H-pyrrole nitrogens is 1. The number of anilines is 2. The van der Waals surface area contributed by atoms with Crippen molar-refractivity contribution in [2.45, 2.75) is 52.3 Å². The van der Waals surface area contributed by atoms with E-state index < -0.39 is 23.1 Å². The molecule has 0 saturated heterocycles. The van der Waals surface area contributed by atoms with Crippen LogP contribution in [0.3, 0.4) is 0 Å². The number of hydrogen-bond acceptors (Lipinski definition) is 6. The normalized spacial score (nSPS) is 15.7. The number of amides is 1.